The number of anilines is 1. The normalized spacial score (nSPS) is 23.6. The van der Waals surface area contributed by atoms with Gasteiger partial charge in [-0.2, -0.15) is 0 Å². The first-order valence-corrected chi connectivity index (χ1v) is 17.5. The first-order chi connectivity index (χ1) is 20.2. The molecule has 4 atom stereocenters. The number of hydrogen-bond acceptors (Lipinski definition) is 5. The van der Waals surface area contributed by atoms with Crippen LogP contribution in [-0.2, 0) is 15.1 Å². The quantitative estimate of drug-likeness (QED) is 0.236. The Labute approximate surface area is 246 Å². The minimum absolute atomic E-state index is 0.0259. The van der Waals surface area contributed by atoms with Gasteiger partial charge in [-0.1, -0.05) is 55.5 Å². The Bertz CT molecular complexity index is 1730. The maximum atomic E-state index is 14.5. The topological polar surface area (TPSA) is 96.8 Å². The number of carbonyl (C=O) groups is 1. The summed E-state index contributed by atoms with van der Waals surface area (Å²) in [7, 11) is -0.628. The summed E-state index contributed by atoms with van der Waals surface area (Å²) in [6, 6.07) is 21.3. The molecule has 2 aliphatic rings. The van der Waals surface area contributed by atoms with E-state index in [1.165, 1.54) is 9.87 Å². The van der Waals surface area contributed by atoms with Gasteiger partial charge < -0.3 is 19.5 Å². The molecule has 6 rings (SSSR count). The number of nitrogens with one attached hydrogen (secondary N) is 1. The fraction of sp³-hybridized carbons (Fsp3) is 0.333. The molecule has 2 aliphatic heterocycles. The van der Waals surface area contributed by atoms with Gasteiger partial charge in [0.15, 0.2) is 5.60 Å². The molecule has 42 heavy (non-hydrogen) atoms. The van der Waals surface area contributed by atoms with Crippen molar-refractivity contribution >= 4 is 35.8 Å². The third-order valence-corrected chi connectivity index (χ3v) is 13.8. The molecule has 2 N–H and O–H groups in total. The number of aromatic nitrogens is 2. The van der Waals surface area contributed by atoms with Crippen molar-refractivity contribution < 1.29 is 19.4 Å². The molecule has 3 aromatic carbocycles. The first-order valence-electron chi connectivity index (χ1n) is 14.4. The van der Waals surface area contributed by atoms with Gasteiger partial charge in [-0.15, -0.1) is 6.58 Å². The van der Waals surface area contributed by atoms with E-state index in [-0.39, 0.29) is 35.6 Å². The largest absolute Gasteiger partial charge is 0.497 e. The Balaban J connectivity index is 1.51. The molecule has 1 fully saturated rings. The number of aromatic amines is 1. The highest BCUT2D eigenvalue weighted by molar-refractivity contribution is 6.91. The number of benzene rings is 3. The van der Waals surface area contributed by atoms with Crippen LogP contribution in [0, 0.1) is 5.92 Å². The van der Waals surface area contributed by atoms with E-state index in [0.29, 0.717) is 24.0 Å². The van der Waals surface area contributed by atoms with E-state index in [4.69, 9.17) is 9.47 Å². The van der Waals surface area contributed by atoms with Gasteiger partial charge in [-0.25, -0.2) is 4.68 Å². The van der Waals surface area contributed by atoms with Crippen LogP contribution < -0.4 is 20.4 Å². The summed E-state index contributed by atoms with van der Waals surface area (Å²) in [5.41, 5.74) is 1.48. The summed E-state index contributed by atoms with van der Waals surface area (Å²) < 4.78 is 13.9. The van der Waals surface area contributed by atoms with Gasteiger partial charge in [-0.05, 0) is 54.4 Å². The highest BCUT2D eigenvalue weighted by Gasteiger charge is 2.66. The van der Waals surface area contributed by atoms with Gasteiger partial charge in [-0.3, -0.25) is 14.7 Å². The number of H-pyrrole nitrogens is 1. The number of ether oxygens (including phenoxy) is 2. The average molecular weight is 584 g/mol. The van der Waals surface area contributed by atoms with Crippen molar-refractivity contribution in [3.8, 4) is 11.4 Å². The third kappa shape index (κ3) is 4.02. The highest BCUT2D eigenvalue weighted by atomic mass is 28.3. The number of para-hydroxylation sites is 1. The summed E-state index contributed by atoms with van der Waals surface area (Å²) >= 11 is 0. The number of nitrogens with zero attached hydrogens (tertiary/aromatic N) is 2. The molecule has 1 saturated heterocycles. The third-order valence-electron chi connectivity index (χ3n) is 9.40. The molecule has 1 aromatic heterocycles. The first kappa shape index (κ1) is 28.2. The van der Waals surface area contributed by atoms with E-state index in [0.717, 1.165) is 22.5 Å². The van der Waals surface area contributed by atoms with Crippen molar-refractivity contribution in [1.82, 2.24) is 9.78 Å². The Morgan fingerprint density at radius 2 is 1.86 bits per heavy atom. The molecule has 218 valence electrons. The summed E-state index contributed by atoms with van der Waals surface area (Å²) in [5, 5.41) is 15.2. The second-order valence-corrected chi connectivity index (χ2v) is 16.6. The minimum atomic E-state index is -2.28. The lowest BCUT2D eigenvalue weighted by Gasteiger charge is -2.37. The molecule has 8 nitrogen and oxygen atoms in total. The van der Waals surface area contributed by atoms with Crippen LogP contribution in [0.1, 0.15) is 18.9 Å². The van der Waals surface area contributed by atoms with Crippen molar-refractivity contribution in [2.75, 3.05) is 25.2 Å². The number of carbonyl (C=O) groups excluding carboxylic acids is 1. The summed E-state index contributed by atoms with van der Waals surface area (Å²) in [5.74, 6) is 0.465. The van der Waals surface area contributed by atoms with Crippen LogP contribution in [0.4, 0.5) is 5.69 Å². The van der Waals surface area contributed by atoms with E-state index >= 15 is 0 Å². The molecular weight excluding hydrogens is 546 g/mol. The molecule has 1 spiro atoms. The second-order valence-electron chi connectivity index (χ2n) is 11.9. The van der Waals surface area contributed by atoms with Crippen LogP contribution >= 0.6 is 0 Å². The predicted octanol–water partition coefficient (Wildman–Crippen LogP) is 4.46. The van der Waals surface area contributed by atoms with E-state index < -0.39 is 13.7 Å². The number of aliphatic hydroxyl groups excluding tert-OH is 1. The van der Waals surface area contributed by atoms with Gasteiger partial charge in [0.2, 0.25) is 0 Å². The summed E-state index contributed by atoms with van der Waals surface area (Å²) in [4.78, 5) is 29.6. The Kier molecular flexibility index (Phi) is 6.99. The van der Waals surface area contributed by atoms with E-state index in [2.05, 4.69) is 43.8 Å². The zero-order valence-electron chi connectivity index (χ0n) is 24.5. The Morgan fingerprint density at radius 3 is 2.52 bits per heavy atom. The number of fused-ring (bicyclic) bond motifs is 3. The van der Waals surface area contributed by atoms with E-state index in [9.17, 15) is 14.7 Å². The second kappa shape index (κ2) is 10.4. The average Bonchev–Trinajstić information content (AvgIpc) is 3.57. The number of rotatable bonds is 8. The van der Waals surface area contributed by atoms with Gasteiger partial charge in [0, 0.05) is 24.6 Å². The lowest BCUT2D eigenvalue weighted by molar-refractivity contribution is -0.146. The van der Waals surface area contributed by atoms with Crippen molar-refractivity contribution in [1.29, 1.82) is 0 Å². The van der Waals surface area contributed by atoms with Crippen molar-refractivity contribution in [3.05, 3.63) is 95.3 Å². The molecule has 0 radical (unpaired) electrons. The molecule has 9 heteroatoms. The van der Waals surface area contributed by atoms with Gasteiger partial charge in [0.25, 0.3) is 11.5 Å². The summed E-state index contributed by atoms with van der Waals surface area (Å²) in [6.07, 6.45) is 1.82. The zero-order chi connectivity index (χ0) is 29.8. The molecule has 0 saturated carbocycles. The van der Waals surface area contributed by atoms with Crippen molar-refractivity contribution in [3.63, 3.8) is 0 Å². The van der Waals surface area contributed by atoms with E-state index in [1.807, 2.05) is 48.5 Å². The molecule has 3 heterocycles. The molecule has 0 bridgehead atoms. The lowest BCUT2D eigenvalue weighted by Crippen LogP contribution is -2.51. The Morgan fingerprint density at radius 1 is 1.12 bits per heavy atom. The maximum absolute atomic E-state index is 14.5. The maximum Gasteiger partial charge on any atom is 0.279 e. The molecule has 4 aromatic rings. The summed E-state index contributed by atoms with van der Waals surface area (Å²) in [6.45, 7) is 10.9. The smallest absolute Gasteiger partial charge is 0.279 e. The Hall–Kier alpha value is -3.92. The van der Waals surface area contributed by atoms with Crippen LogP contribution in [0.25, 0.3) is 16.6 Å². The van der Waals surface area contributed by atoms with Gasteiger partial charge >= 0.3 is 0 Å². The van der Waals surface area contributed by atoms with Crippen LogP contribution in [-0.4, -0.2) is 55.2 Å². The molecular formula is C33H37N3O5Si. The molecule has 1 amide bonds. The highest BCUT2D eigenvalue weighted by Crippen LogP contribution is 2.60. The number of methoxy groups -OCH3 is 1. The van der Waals surface area contributed by atoms with Crippen LogP contribution in [0.5, 0.6) is 5.75 Å². The van der Waals surface area contributed by atoms with Gasteiger partial charge in [0.05, 0.1) is 43.6 Å². The number of hydrogen-bond donors (Lipinski definition) is 2. The molecule has 0 aliphatic carbocycles. The molecule has 0 unspecified atom stereocenters. The van der Waals surface area contributed by atoms with Crippen molar-refractivity contribution in [2.45, 2.75) is 43.7 Å². The number of amides is 1. The lowest BCUT2D eigenvalue weighted by atomic mass is 9.82. The zero-order valence-corrected chi connectivity index (χ0v) is 25.5. The fourth-order valence-electron chi connectivity index (χ4n) is 7.39. The van der Waals surface area contributed by atoms with Crippen LogP contribution in [0.3, 0.4) is 0 Å². The van der Waals surface area contributed by atoms with Crippen LogP contribution in [0.15, 0.2) is 84.2 Å². The minimum Gasteiger partial charge on any atom is -0.497 e. The van der Waals surface area contributed by atoms with Gasteiger partial charge in [0.1, 0.15) is 5.75 Å². The SMILES string of the molecule is C=CCN1C(=O)[C@]2(O[C@H](CCO)[C@@H]([Si](C)(C)c3ccc(OC)cc3)[C@@H]2C)c2cc(-n3[nH]c4ccccc4c3=O)ccc21. The van der Waals surface area contributed by atoms with Crippen molar-refractivity contribution in [2.24, 2.45) is 5.92 Å². The monoisotopic (exact) mass is 583 g/mol. The number of aliphatic hydroxyl groups is 1. The standard InChI is InChI=1S/C33H37N3O5Si/c1-6-18-35-28-16-11-22(36-31(38)25-9-7-8-10-27(25)34-36)20-26(28)33(32(35)39)21(2)30(29(41-33)17-19-37)42(4,5)24-14-12-23(40-3)13-15-24/h6-16,20-21,29-30,34,37H,1,17-19H2,2-5H3/t21-,29+,30-,33+/m0/s1. The van der Waals surface area contributed by atoms with Crippen LogP contribution in [0.2, 0.25) is 18.6 Å². The fourth-order valence-corrected chi connectivity index (χ4v) is 11.4. The van der Waals surface area contributed by atoms with E-state index in [1.54, 1.807) is 24.2 Å². The predicted molar refractivity (Wildman–Crippen MR) is 168 cm³/mol.